The molecule has 0 saturated carbocycles. The van der Waals surface area contributed by atoms with Gasteiger partial charge in [-0.05, 0) is 0 Å². The van der Waals surface area contributed by atoms with Gasteiger partial charge in [0.1, 0.15) is 0 Å². The van der Waals surface area contributed by atoms with E-state index in [9.17, 15) is 0 Å². The molecule has 52 valence electrons. The molecule has 0 aliphatic heterocycles. The maximum atomic E-state index is 8.88. The van der Waals surface area contributed by atoms with Gasteiger partial charge in [0.05, 0.1) is 0 Å². The average molecular weight is 142 g/mol. The van der Waals surface area contributed by atoms with E-state index in [1.807, 2.05) is 0 Å². The van der Waals surface area contributed by atoms with E-state index >= 15 is 0 Å². The molecule has 0 aliphatic rings. The normalized spacial score (nSPS) is 9.62. The first kappa shape index (κ1) is 11.0. The van der Waals surface area contributed by atoms with E-state index in [0.29, 0.717) is 0 Å². The molecule has 0 radical (unpaired) electrons. The van der Waals surface area contributed by atoms with E-state index in [1.165, 1.54) is 6.42 Å². The minimum atomic E-state index is -4.64. The van der Waals surface area contributed by atoms with Crippen LogP contribution in [0.25, 0.3) is 0 Å². The predicted octanol–water partition coefficient (Wildman–Crippen LogP) is 0.488. The van der Waals surface area contributed by atoms with Gasteiger partial charge >= 0.3 is 7.82 Å². The van der Waals surface area contributed by atoms with Crippen LogP contribution >= 0.6 is 7.82 Å². The smallest absolute Gasteiger partial charge is 0.303 e. The van der Waals surface area contributed by atoms with Gasteiger partial charge in [0.15, 0.2) is 0 Å². The third kappa shape index (κ3) is 13200. The molecule has 0 aliphatic carbocycles. The van der Waals surface area contributed by atoms with Crippen molar-refractivity contribution in [3.63, 3.8) is 0 Å². The Labute approximate surface area is 48.4 Å². The Morgan fingerprint density at radius 3 is 1.25 bits per heavy atom. The molecule has 0 aromatic rings. The summed E-state index contributed by atoms with van der Waals surface area (Å²) >= 11 is 0. The summed E-state index contributed by atoms with van der Waals surface area (Å²) < 4.78 is 8.88. The molecule has 0 atom stereocenters. The van der Waals surface area contributed by atoms with Crippen molar-refractivity contribution < 1.29 is 19.2 Å². The van der Waals surface area contributed by atoms with Crippen molar-refractivity contribution in [2.45, 2.75) is 20.3 Å². The second kappa shape index (κ2) is 5.25. The summed E-state index contributed by atoms with van der Waals surface area (Å²) in [5.41, 5.74) is 0. The van der Waals surface area contributed by atoms with Crippen molar-refractivity contribution in [1.29, 1.82) is 0 Å². The number of phosphoric acid groups is 1. The topological polar surface area (TPSA) is 77.8 Å². The van der Waals surface area contributed by atoms with Crippen LogP contribution in [0.1, 0.15) is 20.3 Å². The zero-order chi connectivity index (χ0) is 7.21. The van der Waals surface area contributed by atoms with Crippen LogP contribution in [0.3, 0.4) is 0 Å². The molecule has 5 heteroatoms. The van der Waals surface area contributed by atoms with Crippen LogP contribution in [-0.2, 0) is 4.57 Å². The van der Waals surface area contributed by atoms with Crippen LogP contribution in [-0.4, -0.2) is 14.7 Å². The second-order valence-electron chi connectivity index (χ2n) is 1.22. The number of hydrogen-bond acceptors (Lipinski definition) is 1. The summed E-state index contributed by atoms with van der Waals surface area (Å²) in [7, 11) is -4.64. The van der Waals surface area contributed by atoms with Gasteiger partial charge in [0.25, 0.3) is 0 Å². The summed E-state index contributed by atoms with van der Waals surface area (Å²) in [5.74, 6) is 0. The first-order chi connectivity index (χ1) is 3.41. The molecule has 0 saturated heterocycles. The van der Waals surface area contributed by atoms with Gasteiger partial charge < -0.3 is 14.7 Å². The highest BCUT2D eigenvalue weighted by Crippen LogP contribution is 2.25. The summed E-state index contributed by atoms with van der Waals surface area (Å²) in [6.45, 7) is 4.25. The number of hydrogen-bond donors (Lipinski definition) is 3. The van der Waals surface area contributed by atoms with Gasteiger partial charge in [-0.3, -0.25) is 0 Å². The molecule has 0 spiro atoms. The van der Waals surface area contributed by atoms with Gasteiger partial charge in [-0.15, -0.1) is 0 Å². The first-order valence-electron chi connectivity index (χ1n) is 2.20. The molecular weight excluding hydrogens is 131 g/mol. The van der Waals surface area contributed by atoms with Crippen molar-refractivity contribution >= 4 is 7.82 Å². The molecule has 3 N–H and O–H groups in total. The lowest BCUT2D eigenvalue weighted by Gasteiger charge is -1.82. The van der Waals surface area contributed by atoms with Crippen LogP contribution in [0.15, 0.2) is 0 Å². The lowest BCUT2D eigenvalue weighted by atomic mass is 10.6. The zero-order valence-electron chi connectivity index (χ0n) is 4.90. The first-order valence-corrected chi connectivity index (χ1v) is 3.76. The molecule has 0 heterocycles. The summed E-state index contributed by atoms with van der Waals surface area (Å²) in [4.78, 5) is 21.6. The van der Waals surface area contributed by atoms with Crippen molar-refractivity contribution in [3.8, 4) is 0 Å². The van der Waals surface area contributed by atoms with E-state index in [0.717, 1.165) is 0 Å². The molecule has 0 bridgehead atoms. The molecule has 0 amide bonds. The third-order valence-corrected chi connectivity index (χ3v) is 0. The highest BCUT2D eigenvalue weighted by atomic mass is 31.2. The molecular formula is C3H11O4P. The molecule has 0 aromatic heterocycles. The monoisotopic (exact) mass is 142 g/mol. The average Bonchev–Trinajstić information content (AvgIpc) is 1.27. The summed E-state index contributed by atoms with van der Waals surface area (Å²) in [5, 5.41) is 0. The SMILES string of the molecule is CCC.O=P(O)(O)O. The maximum Gasteiger partial charge on any atom is 0.466 e. The molecule has 4 nitrogen and oxygen atoms in total. The Morgan fingerprint density at radius 2 is 1.25 bits per heavy atom. The molecule has 8 heavy (non-hydrogen) atoms. The van der Waals surface area contributed by atoms with Crippen LogP contribution in [0.4, 0.5) is 0 Å². The second-order valence-corrected chi connectivity index (χ2v) is 2.25. The fourth-order valence-electron chi connectivity index (χ4n) is 0. The molecule has 0 unspecified atom stereocenters. The van der Waals surface area contributed by atoms with E-state index in [1.54, 1.807) is 0 Å². The molecule has 0 fully saturated rings. The quantitative estimate of drug-likeness (QED) is 0.430. The maximum absolute atomic E-state index is 8.88. The highest BCUT2D eigenvalue weighted by Gasteiger charge is 2.00. The van der Waals surface area contributed by atoms with Gasteiger partial charge in [-0.2, -0.15) is 0 Å². The molecule has 0 rings (SSSR count). The molecule has 0 aromatic carbocycles. The van der Waals surface area contributed by atoms with Crippen molar-refractivity contribution in [2.75, 3.05) is 0 Å². The van der Waals surface area contributed by atoms with Crippen molar-refractivity contribution in [3.05, 3.63) is 0 Å². The Hall–Kier alpha value is 0.110. The minimum absolute atomic E-state index is 1.25. The van der Waals surface area contributed by atoms with E-state index in [2.05, 4.69) is 13.8 Å². The van der Waals surface area contributed by atoms with E-state index < -0.39 is 7.82 Å². The summed E-state index contributed by atoms with van der Waals surface area (Å²) in [6.07, 6.45) is 1.25. The predicted molar refractivity (Wildman–Crippen MR) is 30.2 cm³/mol. The van der Waals surface area contributed by atoms with Gasteiger partial charge in [-0.1, -0.05) is 20.3 Å². The largest absolute Gasteiger partial charge is 0.466 e. The zero-order valence-corrected chi connectivity index (χ0v) is 5.80. The van der Waals surface area contributed by atoms with Crippen molar-refractivity contribution in [1.82, 2.24) is 0 Å². The van der Waals surface area contributed by atoms with Crippen LogP contribution in [0.5, 0.6) is 0 Å². The standard InChI is InChI=1S/C3H8.H3O4P/c1-3-2;1-5(2,3)4/h3H2,1-2H3;(H3,1,2,3,4). The van der Waals surface area contributed by atoms with Crippen LogP contribution in [0, 0.1) is 0 Å². The lowest BCUT2D eigenvalue weighted by Crippen LogP contribution is -1.66. The Morgan fingerprint density at radius 1 is 1.25 bits per heavy atom. The van der Waals surface area contributed by atoms with Crippen LogP contribution in [0.2, 0.25) is 0 Å². The Bertz CT molecular complexity index is 67.1. The van der Waals surface area contributed by atoms with Gasteiger partial charge in [0, 0.05) is 0 Å². The van der Waals surface area contributed by atoms with Gasteiger partial charge in [0.2, 0.25) is 0 Å². The third-order valence-electron chi connectivity index (χ3n) is 0. The van der Waals surface area contributed by atoms with Crippen molar-refractivity contribution in [2.24, 2.45) is 0 Å². The number of rotatable bonds is 0. The van der Waals surface area contributed by atoms with E-state index in [-0.39, 0.29) is 0 Å². The summed E-state index contributed by atoms with van der Waals surface area (Å²) in [6, 6.07) is 0. The fourth-order valence-corrected chi connectivity index (χ4v) is 0. The van der Waals surface area contributed by atoms with Gasteiger partial charge in [-0.25, -0.2) is 4.57 Å². The minimum Gasteiger partial charge on any atom is -0.303 e. The van der Waals surface area contributed by atoms with E-state index in [4.69, 9.17) is 19.2 Å². The fraction of sp³-hybridized carbons (Fsp3) is 1.00. The Kier molecular flexibility index (Phi) is 7.21. The Balaban J connectivity index is 0. The lowest BCUT2D eigenvalue weighted by molar-refractivity contribution is 0.275. The van der Waals surface area contributed by atoms with Crippen LogP contribution < -0.4 is 0 Å². The highest BCUT2D eigenvalue weighted by molar-refractivity contribution is 7.45.